The Bertz CT molecular complexity index is 903. The first-order valence-corrected chi connectivity index (χ1v) is 9.44. The number of anilines is 1. The van der Waals surface area contributed by atoms with E-state index in [1.54, 1.807) is 30.5 Å². The molecular formula is C21H22N2O6. The second kappa shape index (κ2) is 8.18. The molecule has 29 heavy (non-hydrogen) atoms. The van der Waals surface area contributed by atoms with Crippen LogP contribution >= 0.6 is 0 Å². The smallest absolute Gasteiger partial charge is 0.308 e. The first-order valence-electron chi connectivity index (χ1n) is 9.44. The number of nitrogens with zero attached hydrogens (tertiary/aromatic N) is 1. The van der Waals surface area contributed by atoms with Crippen LogP contribution in [-0.4, -0.2) is 54.0 Å². The second-order valence-electron chi connectivity index (χ2n) is 7.13. The minimum absolute atomic E-state index is 0.0548. The third-order valence-electron chi connectivity index (χ3n) is 5.30. The summed E-state index contributed by atoms with van der Waals surface area (Å²) in [6.45, 7) is -0.211. The Hall–Kier alpha value is -2.97. The Labute approximate surface area is 167 Å². The minimum Gasteiger partial charge on any atom is -0.487 e. The van der Waals surface area contributed by atoms with Crippen molar-refractivity contribution >= 4 is 17.6 Å². The van der Waals surface area contributed by atoms with E-state index in [1.165, 1.54) is 13.3 Å². The number of ether oxygens (including phenoxy) is 3. The number of hydrogen-bond acceptors (Lipinski definition) is 7. The van der Waals surface area contributed by atoms with E-state index >= 15 is 0 Å². The highest BCUT2D eigenvalue weighted by atomic mass is 16.6. The number of pyridine rings is 1. The molecule has 152 valence electrons. The average molecular weight is 398 g/mol. The van der Waals surface area contributed by atoms with Crippen LogP contribution < -0.4 is 10.1 Å². The molecule has 0 saturated carbocycles. The van der Waals surface area contributed by atoms with Crippen molar-refractivity contribution in [1.82, 2.24) is 4.98 Å². The van der Waals surface area contributed by atoms with Crippen LogP contribution in [0.15, 0.2) is 42.7 Å². The molecule has 2 aliphatic rings. The highest BCUT2D eigenvalue weighted by molar-refractivity contribution is 6.04. The number of aliphatic hydroxyl groups excluding tert-OH is 1. The van der Waals surface area contributed by atoms with Crippen LogP contribution in [0.1, 0.15) is 34.7 Å². The van der Waals surface area contributed by atoms with E-state index in [4.69, 9.17) is 14.2 Å². The van der Waals surface area contributed by atoms with Gasteiger partial charge in [0.15, 0.2) is 0 Å². The molecule has 0 unspecified atom stereocenters. The molecule has 0 radical (unpaired) electrons. The van der Waals surface area contributed by atoms with Gasteiger partial charge in [0.2, 0.25) is 0 Å². The lowest BCUT2D eigenvalue weighted by molar-refractivity contribution is -0.156. The molecule has 1 aromatic heterocycles. The molecule has 0 bridgehead atoms. The maximum Gasteiger partial charge on any atom is 0.308 e. The van der Waals surface area contributed by atoms with Crippen molar-refractivity contribution < 1.29 is 28.9 Å². The fraction of sp³-hybridized carbons (Fsp3) is 0.381. The minimum atomic E-state index is -0.538. The lowest BCUT2D eigenvalue weighted by Gasteiger charge is -2.36. The summed E-state index contributed by atoms with van der Waals surface area (Å²) in [5.74, 6) is 0.0278. The Morgan fingerprint density at radius 3 is 2.93 bits per heavy atom. The largest absolute Gasteiger partial charge is 0.487 e. The molecule has 3 heterocycles. The summed E-state index contributed by atoms with van der Waals surface area (Å²) in [5, 5.41) is 12.6. The molecule has 1 fully saturated rings. The maximum atomic E-state index is 12.4. The zero-order valence-electron chi connectivity index (χ0n) is 15.9. The number of hydrogen-bond donors (Lipinski definition) is 2. The first kappa shape index (κ1) is 19.4. The van der Waals surface area contributed by atoms with E-state index < -0.39 is 6.10 Å². The number of carbonyl (C=O) groups excluding carboxylic acids is 2. The summed E-state index contributed by atoms with van der Waals surface area (Å²) in [6, 6.07) is 8.84. The molecule has 8 heteroatoms. The number of rotatable bonds is 5. The normalized spacial score (nSPS) is 24.8. The number of methoxy groups -OCH3 is 1. The van der Waals surface area contributed by atoms with Gasteiger partial charge in [0.05, 0.1) is 31.8 Å². The molecule has 8 nitrogen and oxygen atoms in total. The van der Waals surface area contributed by atoms with Gasteiger partial charge in [-0.15, -0.1) is 0 Å². The van der Waals surface area contributed by atoms with Crippen LogP contribution in [0.5, 0.6) is 5.75 Å². The molecule has 2 N–H and O–H groups in total. The van der Waals surface area contributed by atoms with Crippen molar-refractivity contribution in [1.29, 1.82) is 0 Å². The van der Waals surface area contributed by atoms with Gasteiger partial charge in [0.1, 0.15) is 18.0 Å². The van der Waals surface area contributed by atoms with E-state index in [1.807, 2.05) is 6.07 Å². The maximum absolute atomic E-state index is 12.4. The molecule has 0 aliphatic carbocycles. The Balaban J connectivity index is 1.55. The van der Waals surface area contributed by atoms with E-state index in [2.05, 4.69) is 10.3 Å². The summed E-state index contributed by atoms with van der Waals surface area (Å²) in [4.78, 5) is 28.0. The van der Waals surface area contributed by atoms with Crippen molar-refractivity contribution in [2.24, 2.45) is 0 Å². The van der Waals surface area contributed by atoms with E-state index in [-0.39, 0.29) is 43.0 Å². The van der Waals surface area contributed by atoms with Crippen molar-refractivity contribution in [2.75, 3.05) is 19.0 Å². The van der Waals surface area contributed by atoms with E-state index in [0.717, 1.165) is 5.56 Å². The monoisotopic (exact) mass is 398 g/mol. The number of aromatic nitrogens is 1. The van der Waals surface area contributed by atoms with Crippen LogP contribution in [0.25, 0.3) is 0 Å². The Morgan fingerprint density at radius 1 is 1.34 bits per heavy atom. The van der Waals surface area contributed by atoms with Gasteiger partial charge in [-0.1, -0.05) is 0 Å². The van der Waals surface area contributed by atoms with E-state index in [0.29, 0.717) is 23.4 Å². The topological polar surface area (TPSA) is 107 Å². The zero-order chi connectivity index (χ0) is 20.4. The highest BCUT2D eigenvalue weighted by Gasteiger charge is 2.46. The van der Waals surface area contributed by atoms with Gasteiger partial charge in [-0.2, -0.15) is 0 Å². The molecule has 4 atom stereocenters. The summed E-state index contributed by atoms with van der Waals surface area (Å²) in [7, 11) is 1.34. The first-order chi connectivity index (χ1) is 14.1. The Kier molecular flexibility index (Phi) is 5.46. The van der Waals surface area contributed by atoms with Gasteiger partial charge in [0, 0.05) is 29.6 Å². The number of benzene rings is 1. The van der Waals surface area contributed by atoms with Gasteiger partial charge in [-0.25, -0.2) is 0 Å². The Morgan fingerprint density at radius 2 is 2.21 bits per heavy atom. The van der Waals surface area contributed by atoms with Gasteiger partial charge in [-0.3, -0.25) is 14.6 Å². The third kappa shape index (κ3) is 3.94. The number of fused-ring (bicyclic) bond motifs is 3. The molecular weight excluding hydrogens is 376 g/mol. The molecule has 1 aromatic carbocycles. The second-order valence-corrected chi connectivity index (χ2v) is 7.13. The summed E-state index contributed by atoms with van der Waals surface area (Å²) in [6.07, 6.45) is 2.54. The average Bonchev–Trinajstić information content (AvgIpc) is 3.11. The summed E-state index contributed by atoms with van der Waals surface area (Å²) < 4.78 is 16.6. The fourth-order valence-electron chi connectivity index (χ4n) is 3.94. The lowest BCUT2D eigenvalue weighted by Crippen LogP contribution is -2.46. The van der Waals surface area contributed by atoms with E-state index in [9.17, 15) is 14.7 Å². The zero-order valence-corrected chi connectivity index (χ0v) is 15.9. The number of esters is 1. The van der Waals surface area contributed by atoms with Crippen molar-refractivity contribution in [3.8, 4) is 5.75 Å². The van der Waals surface area contributed by atoms with Gasteiger partial charge < -0.3 is 24.6 Å². The van der Waals surface area contributed by atoms with Crippen LogP contribution in [0, 0.1) is 0 Å². The van der Waals surface area contributed by atoms with Crippen molar-refractivity contribution in [2.45, 2.75) is 37.1 Å². The summed E-state index contributed by atoms with van der Waals surface area (Å²) in [5.41, 5.74) is 2.03. The van der Waals surface area contributed by atoms with Crippen molar-refractivity contribution in [3.05, 3.63) is 53.9 Å². The fourth-order valence-corrected chi connectivity index (χ4v) is 3.94. The van der Waals surface area contributed by atoms with Gasteiger partial charge >= 0.3 is 5.97 Å². The van der Waals surface area contributed by atoms with Crippen molar-refractivity contribution in [3.63, 3.8) is 0 Å². The van der Waals surface area contributed by atoms with Crippen LogP contribution in [0.4, 0.5) is 5.69 Å². The van der Waals surface area contributed by atoms with Crippen LogP contribution in [0.2, 0.25) is 0 Å². The highest BCUT2D eigenvalue weighted by Crippen LogP contribution is 2.47. The van der Waals surface area contributed by atoms with Crippen LogP contribution in [0.3, 0.4) is 0 Å². The predicted octanol–water partition coefficient (Wildman–Crippen LogP) is 1.89. The van der Waals surface area contributed by atoms with Gasteiger partial charge in [0.25, 0.3) is 5.91 Å². The SMILES string of the molecule is COC(=O)C[C@H]1C[C@@H]2c3cc(NC(=O)c4cccnc4)ccc3O[C@@H]2[C@H](CO)O1. The standard InChI is InChI=1S/C21H22N2O6/c1-27-19(25)9-14-8-16-15-7-13(23-21(26)12-3-2-6-22-10-12)4-5-17(15)29-20(16)18(11-24)28-14/h2-7,10,14,16,18,20,24H,8-9,11H2,1H3,(H,23,26)/t14-,16-,18+,20+/m1/s1. The molecule has 1 saturated heterocycles. The number of aliphatic hydroxyl groups is 1. The molecule has 2 aliphatic heterocycles. The molecule has 2 aromatic rings. The third-order valence-corrected chi connectivity index (χ3v) is 5.30. The quantitative estimate of drug-likeness (QED) is 0.741. The lowest BCUT2D eigenvalue weighted by atomic mass is 9.84. The number of nitrogens with one attached hydrogen (secondary N) is 1. The number of carbonyl (C=O) groups is 2. The molecule has 4 rings (SSSR count). The predicted molar refractivity (Wildman–Crippen MR) is 103 cm³/mol. The summed E-state index contributed by atoms with van der Waals surface area (Å²) >= 11 is 0. The number of amides is 1. The molecule has 1 amide bonds. The van der Waals surface area contributed by atoms with Gasteiger partial charge in [-0.05, 0) is 36.8 Å². The van der Waals surface area contributed by atoms with Crippen LogP contribution in [-0.2, 0) is 14.3 Å². The molecule has 0 spiro atoms.